The van der Waals surface area contributed by atoms with Crippen molar-refractivity contribution in [2.75, 3.05) is 19.3 Å². The number of carbonyl (C=O) groups is 1. The third kappa shape index (κ3) is 6.02. The van der Waals surface area contributed by atoms with E-state index in [1.165, 1.54) is 0 Å². The van der Waals surface area contributed by atoms with Crippen LogP contribution in [-0.2, 0) is 14.8 Å². The molecule has 0 radical (unpaired) electrons. The lowest BCUT2D eigenvalue weighted by Crippen LogP contribution is -2.42. The summed E-state index contributed by atoms with van der Waals surface area (Å²) >= 11 is 0. The number of carbonyl (C=O) groups excluding carboxylic acids is 1. The van der Waals surface area contributed by atoms with E-state index in [-0.39, 0.29) is 18.2 Å². The molecular weight excluding hydrogens is 268 g/mol. The van der Waals surface area contributed by atoms with Gasteiger partial charge in [-0.1, -0.05) is 0 Å². The summed E-state index contributed by atoms with van der Waals surface area (Å²) in [5.74, 6) is -0.108. The maximum atomic E-state index is 11.9. The first-order valence-electron chi connectivity index (χ1n) is 6.39. The van der Waals surface area contributed by atoms with Crippen LogP contribution >= 0.6 is 0 Å². The van der Waals surface area contributed by atoms with E-state index in [4.69, 9.17) is 11.1 Å². The molecule has 1 aliphatic heterocycles. The summed E-state index contributed by atoms with van der Waals surface area (Å²) in [7, 11) is -3.38. The highest BCUT2D eigenvalue weighted by molar-refractivity contribution is 7.89. The van der Waals surface area contributed by atoms with Crippen LogP contribution in [0.3, 0.4) is 0 Å². The lowest BCUT2D eigenvalue weighted by Gasteiger charge is -2.20. The Labute approximate surface area is 114 Å². The SMILES string of the molecule is CS(=O)(=O)NC(=N)CCC[C@H](N)C(=O)N1CCCC1. The predicted octanol–water partition coefficient (Wildman–Crippen LogP) is -0.367. The molecule has 110 valence electrons. The van der Waals surface area contributed by atoms with Gasteiger partial charge in [0.05, 0.1) is 12.3 Å². The van der Waals surface area contributed by atoms with Crippen molar-refractivity contribution in [3.05, 3.63) is 0 Å². The van der Waals surface area contributed by atoms with Crippen molar-refractivity contribution in [2.45, 2.75) is 38.1 Å². The van der Waals surface area contributed by atoms with Crippen LogP contribution in [0.4, 0.5) is 0 Å². The lowest BCUT2D eigenvalue weighted by atomic mass is 10.1. The summed E-state index contributed by atoms with van der Waals surface area (Å²) in [6, 6.07) is -0.552. The molecule has 1 amide bonds. The van der Waals surface area contributed by atoms with E-state index in [2.05, 4.69) is 4.72 Å². The van der Waals surface area contributed by atoms with Crippen molar-refractivity contribution in [3.8, 4) is 0 Å². The Morgan fingerprint density at radius 1 is 1.42 bits per heavy atom. The molecule has 1 atom stereocenters. The quantitative estimate of drug-likeness (QED) is 0.457. The van der Waals surface area contributed by atoms with Gasteiger partial charge in [0.2, 0.25) is 15.9 Å². The van der Waals surface area contributed by atoms with Crippen LogP contribution in [0, 0.1) is 5.41 Å². The Morgan fingerprint density at radius 2 is 2.00 bits per heavy atom. The van der Waals surface area contributed by atoms with Gasteiger partial charge >= 0.3 is 0 Å². The number of amides is 1. The van der Waals surface area contributed by atoms with Crippen molar-refractivity contribution in [1.29, 1.82) is 5.41 Å². The summed E-state index contributed by atoms with van der Waals surface area (Å²) in [5.41, 5.74) is 5.81. The molecule has 4 N–H and O–H groups in total. The molecule has 0 aliphatic carbocycles. The van der Waals surface area contributed by atoms with Gasteiger partial charge in [0.15, 0.2) is 0 Å². The van der Waals surface area contributed by atoms with E-state index >= 15 is 0 Å². The molecule has 19 heavy (non-hydrogen) atoms. The first-order valence-corrected chi connectivity index (χ1v) is 8.28. The summed E-state index contributed by atoms with van der Waals surface area (Å²) in [4.78, 5) is 13.7. The third-order valence-electron chi connectivity index (χ3n) is 2.99. The first kappa shape index (κ1) is 15.9. The van der Waals surface area contributed by atoms with E-state index in [1.807, 2.05) is 0 Å². The highest BCUT2D eigenvalue weighted by atomic mass is 32.2. The third-order valence-corrected chi connectivity index (χ3v) is 3.60. The van der Waals surface area contributed by atoms with Crippen LogP contribution in [0.15, 0.2) is 0 Å². The molecule has 0 aromatic heterocycles. The average Bonchev–Trinajstić information content (AvgIpc) is 2.78. The zero-order valence-corrected chi connectivity index (χ0v) is 12.0. The predicted molar refractivity (Wildman–Crippen MR) is 73.3 cm³/mol. The number of amidine groups is 1. The molecule has 8 heteroatoms. The molecule has 1 aliphatic rings. The molecule has 1 fully saturated rings. The molecule has 1 heterocycles. The first-order chi connectivity index (χ1) is 8.79. The maximum Gasteiger partial charge on any atom is 0.239 e. The van der Waals surface area contributed by atoms with Crippen molar-refractivity contribution < 1.29 is 13.2 Å². The highest BCUT2D eigenvalue weighted by Crippen LogP contribution is 2.10. The van der Waals surface area contributed by atoms with Crippen LogP contribution in [0.5, 0.6) is 0 Å². The second-order valence-electron chi connectivity index (χ2n) is 4.88. The fourth-order valence-corrected chi connectivity index (χ4v) is 2.62. The van der Waals surface area contributed by atoms with Gasteiger partial charge in [-0.25, -0.2) is 8.42 Å². The number of likely N-dealkylation sites (tertiary alicyclic amines) is 1. The van der Waals surface area contributed by atoms with Gasteiger partial charge in [0.1, 0.15) is 5.84 Å². The number of rotatable bonds is 6. The Morgan fingerprint density at radius 3 is 2.53 bits per heavy atom. The molecule has 0 bridgehead atoms. The number of hydrogen-bond acceptors (Lipinski definition) is 5. The number of nitrogens with two attached hydrogens (primary N) is 1. The van der Waals surface area contributed by atoms with Crippen LogP contribution < -0.4 is 10.5 Å². The summed E-state index contributed by atoms with van der Waals surface area (Å²) < 4.78 is 23.9. The zero-order valence-electron chi connectivity index (χ0n) is 11.2. The molecule has 0 spiro atoms. The van der Waals surface area contributed by atoms with E-state index in [0.717, 1.165) is 32.2 Å². The molecule has 0 aromatic rings. The van der Waals surface area contributed by atoms with Gasteiger partial charge in [-0.2, -0.15) is 0 Å². The Hall–Kier alpha value is -1.15. The van der Waals surface area contributed by atoms with E-state index in [9.17, 15) is 13.2 Å². The summed E-state index contributed by atoms with van der Waals surface area (Å²) in [6.45, 7) is 1.55. The fourth-order valence-electron chi connectivity index (χ4n) is 2.07. The molecule has 1 saturated heterocycles. The van der Waals surface area contributed by atoms with Gasteiger partial charge < -0.3 is 10.6 Å². The van der Waals surface area contributed by atoms with Crippen molar-refractivity contribution in [2.24, 2.45) is 5.73 Å². The second-order valence-corrected chi connectivity index (χ2v) is 6.63. The summed E-state index contributed by atoms with van der Waals surface area (Å²) in [5, 5.41) is 7.44. The second kappa shape index (κ2) is 6.85. The Kier molecular flexibility index (Phi) is 5.74. The normalized spacial score (nSPS) is 17.3. The number of nitrogens with one attached hydrogen (secondary N) is 2. The van der Waals surface area contributed by atoms with Crippen LogP contribution in [0.2, 0.25) is 0 Å². The molecule has 0 aromatic carbocycles. The van der Waals surface area contributed by atoms with E-state index in [0.29, 0.717) is 12.8 Å². The Balaban J connectivity index is 2.24. The van der Waals surface area contributed by atoms with E-state index in [1.54, 1.807) is 4.90 Å². The van der Waals surface area contributed by atoms with Crippen molar-refractivity contribution in [1.82, 2.24) is 9.62 Å². The molecule has 1 rings (SSSR count). The van der Waals surface area contributed by atoms with Gasteiger partial charge in [0.25, 0.3) is 0 Å². The van der Waals surface area contributed by atoms with Crippen LogP contribution in [-0.4, -0.2) is 50.4 Å². The summed E-state index contributed by atoms with van der Waals surface area (Å²) in [6.07, 6.45) is 4.31. The Bertz CT molecular complexity index is 429. The standard InChI is InChI=1S/C11H22N4O3S/c1-19(17,18)14-10(13)6-4-5-9(12)11(16)15-7-2-3-8-15/h9H,2-8,12H2,1H3,(H2,13,14)/t9-/m0/s1. The minimum absolute atomic E-state index is 0.0416. The smallest absolute Gasteiger partial charge is 0.239 e. The largest absolute Gasteiger partial charge is 0.341 e. The van der Waals surface area contributed by atoms with Gasteiger partial charge in [-0.3, -0.25) is 14.9 Å². The maximum absolute atomic E-state index is 11.9. The monoisotopic (exact) mass is 290 g/mol. The zero-order chi connectivity index (χ0) is 14.5. The van der Waals surface area contributed by atoms with Gasteiger partial charge in [-0.05, 0) is 25.7 Å². The minimum Gasteiger partial charge on any atom is -0.341 e. The van der Waals surface area contributed by atoms with E-state index < -0.39 is 16.1 Å². The average molecular weight is 290 g/mol. The molecule has 0 unspecified atom stereocenters. The van der Waals surface area contributed by atoms with Crippen molar-refractivity contribution >= 4 is 21.8 Å². The van der Waals surface area contributed by atoms with Crippen LogP contribution in [0.1, 0.15) is 32.1 Å². The van der Waals surface area contributed by atoms with Crippen molar-refractivity contribution in [3.63, 3.8) is 0 Å². The van der Waals surface area contributed by atoms with Gasteiger partial charge in [-0.15, -0.1) is 0 Å². The fraction of sp³-hybridized carbons (Fsp3) is 0.818. The highest BCUT2D eigenvalue weighted by Gasteiger charge is 2.23. The minimum atomic E-state index is -3.38. The molecular formula is C11H22N4O3S. The van der Waals surface area contributed by atoms with Gasteiger partial charge in [0, 0.05) is 19.5 Å². The number of sulfonamides is 1. The lowest BCUT2D eigenvalue weighted by molar-refractivity contribution is -0.131. The topological polar surface area (TPSA) is 116 Å². The molecule has 0 saturated carbocycles. The van der Waals surface area contributed by atoms with Crippen LogP contribution in [0.25, 0.3) is 0 Å². The molecule has 7 nitrogen and oxygen atoms in total. The number of hydrogen-bond donors (Lipinski definition) is 3. The number of nitrogens with zero attached hydrogens (tertiary/aromatic N) is 1.